The topological polar surface area (TPSA) is 54.5 Å². The first kappa shape index (κ1) is 19.3. The molecular weight excluding hydrogens is 345 g/mol. The third-order valence-corrected chi connectivity index (χ3v) is 4.57. The number of anilines is 1. The summed E-state index contributed by atoms with van der Waals surface area (Å²) in [7, 11) is 0. The summed E-state index contributed by atoms with van der Waals surface area (Å²) < 4.78 is 18.9. The zero-order valence-electron chi connectivity index (χ0n) is 15.8. The van der Waals surface area contributed by atoms with Crippen molar-refractivity contribution in [3.63, 3.8) is 0 Å². The monoisotopic (exact) mass is 371 g/mol. The molecule has 1 aliphatic heterocycles. The fourth-order valence-corrected chi connectivity index (χ4v) is 3.31. The van der Waals surface area contributed by atoms with Crippen LogP contribution in [0, 0.1) is 5.82 Å². The van der Waals surface area contributed by atoms with E-state index in [-0.39, 0.29) is 23.9 Å². The molecule has 1 N–H and O–H groups in total. The molecular formula is C21H26FN3O2. The van der Waals surface area contributed by atoms with E-state index in [2.05, 4.69) is 29.0 Å². The molecule has 0 radical (unpaired) electrons. The van der Waals surface area contributed by atoms with Crippen molar-refractivity contribution in [2.75, 3.05) is 18.0 Å². The summed E-state index contributed by atoms with van der Waals surface area (Å²) in [5.41, 5.74) is 1.78. The first-order valence-corrected chi connectivity index (χ1v) is 9.36. The molecule has 1 saturated heterocycles. The molecule has 0 saturated carbocycles. The van der Waals surface area contributed by atoms with E-state index in [0.29, 0.717) is 19.4 Å². The van der Waals surface area contributed by atoms with E-state index in [0.717, 1.165) is 30.0 Å². The molecule has 2 aromatic rings. The number of nitrogens with zero attached hydrogens (tertiary/aromatic N) is 2. The first-order chi connectivity index (χ1) is 13.0. The van der Waals surface area contributed by atoms with E-state index in [1.165, 1.54) is 12.1 Å². The van der Waals surface area contributed by atoms with Crippen molar-refractivity contribution >= 4 is 11.7 Å². The Hall–Kier alpha value is -2.47. The number of amides is 1. The summed E-state index contributed by atoms with van der Waals surface area (Å²) in [6.45, 7) is 6.22. The number of morpholine rings is 1. The van der Waals surface area contributed by atoms with Crippen LogP contribution in [0.25, 0.3) is 0 Å². The van der Waals surface area contributed by atoms with E-state index in [1.807, 2.05) is 18.2 Å². The van der Waals surface area contributed by atoms with Crippen molar-refractivity contribution < 1.29 is 13.9 Å². The Kier molecular flexibility index (Phi) is 6.40. The highest BCUT2D eigenvalue weighted by molar-refractivity contribution is 5.76. The van der Waals surface area contributed by atoms with E-state index in [1.54, 1.807) is 12.3 Å². The maximum atomic E-state index is 13.2. The van der Waals surface area contributed by atoms with Gasteiger partial charge >= 0.3 is 0 Å². The van der Waals surface area contributed by atoms with Gasteiger partial charge in [-0.15, -0.1) is 0 Å². The minimum atomic E-state index is -0.275. The summed E-state index contributed by atoms with van der Waals surface area (Å²) in [6.07, 6.45) is 3.03. The lowest BCUT2D eigenvalue weighted by molar-refractivity contribution is -0.121. The number of ether oxygens (including phenoxy) is 1. The van der Waals surface area contributed by atoms with Gasteiger partial charge in [0.25, 0.3) is 0 Å². The SMILES string of the molecule is C[C@H]1CN(c2ccc(CNC(=O)CCc3cccc(F)c3)cn2)C[C@H](C)O1. The van der Waals surface area contributed by atoms with Gasteiger partial charge in [-0.05, 0) is 49.6 Å². The number of rotatable bonds is 6. The molecule has 1 aliphatic rings. The van der Waals surface area contributed by atoms with Crippen molar-refractivity contribution in [3.05, 3.63) is 59.5 Å². The van der Waals surface area contributed by atoms with Crippen LogP contribution in [0.15, 0.2) is 42.6 Å². The molecule has 144 valence electrons. The predicted molar refractivity (Wildman–Crippen MR) is 103 cm³/mol. The minimum Gasteiger partial charge on any atom is -0.372 e. The van der Waals surface area contributed by atoms with E-state index < -0.39 is 0 Å². The van der Waals surface area contributed by atoms with Crippen molar-refractivity contribution in [3.8, 4) is 0 Å². The Morgan fingerprint density at radius 3 is 2.67 bits per heavy atom. The Morgan fingerprint density at radius 2 is 2.00 bits per heavy atom. The summed E-state index contributed by atoms with van der Waals surface area (Å²) in [5, 5.41) is 2.89. The Labute approximate surface area is 159 Å². The van der Waals surface area contributed by atoms with Crippen molar-refractivity contribution in [2.24, 2.45) is 0 Å². The van der Waals surface area contributed by atoms with Crippen LogP contribution < -0.4 is 10.2 Å². The Bertz CT molecular complexity index is 756. The number of benzene rings is 1. The summed E-state index contributed by atoms with van der Waals surface area (Å²) >= 11 is 0. The number of pyridine rings is 1. The van der Waals surface area contributed by atoms with Crippen molar-refractivity contribution in [1.82, 2.24) is 10.3 Å². The number of nitrogens with one attached hydrogen (secondary N) is 1. The molecule has 6 heteroatoms. The fourth-order valence-electron chi connectivity index (χ4n) is 3.31. The van der Waals surface area contributed by atoms with Crippen LogP contribution in [-0.4, -0.2) is 36.2 Å². The molecule has 27 heavy (non-hydrogen) atoms. The standard InChI is InChI=1S/C21H26FN3O2/c1-15-13-25(14-16(2)27-15)20-8-6-18(11-23-20)12-24-21(26)9-7-17-4-3-5-19(22)10-17/h3-6,8,10-11,15-16H,7,9,12-14H2,1-2H3,(H,24,26)/t15-,16-/m0/s1. The smallest absolute Gasteiger partial charge is 0.220 e. The van der Waals surface area contributed by atoms with Crippen LogP contribution in [0.3, 0.4) is 0 Å². The molecule has 3 rings (SSSR count). The summed E-state index contributed by atoms with van der Waals surface area (Å²) in [6, 6.07) is 10.3. The second-order valence-electron chi connectivity index (χ2n) is 7.09. The maximum Gasteiger partial charge on any atom is 0.220 e. The lowest BCUT2D eigenvalue weighted by Gasteiger charge is -2.36. The van der Waals surface area contributed by atoms with Gasteiger partial charge in [0.05, 0.1) is 12.2 Å². The van der Waals surface area contributed by atoms with Gasteiger partial charge in [-0.25, -0.2) is 9.37 Å². The van der Waals surface area contributed by atoms with Gasteiger partial charge in [-0.3, -0.25) is 4.79 Å². The fraction of sp³-hybridized carbons (Fsp3) is 0.429. The molecule has 1 aromatic heterocycles. The van der Waals surface area contributed by atoms with E-state index in [4.69, 9.17) is 4.74 Å². The Balaban J connectivity index is 1.46. The van der Waals surface area contributed by atoms with Crippen LogP contribution in [0.5, 0.6) is 0 Å². The van der Waals surface area contributed by atoms with Gasteiger partial charge in [-0.2, -0.15) is 0 Å². The minimum absolute atomic E-state index is 0.0563. The van der Waals surface area contributed by atoms with E-state index in [9.17, 15) is 9.18 Å². The number of hydrogen-bond acceptors (Lipinski definition) is 4. The molecule has 5 nitrogen and oxygen atoms in total. The lowest BCUT2D eigenvalue weighted by atomic mass is 10.1. The zero-order valence-corrected chi connectivity index (χ0v) is 15.8. The largest absolute Gasteiger partial charge is 0.372 e. The Morgan fingerprint density at radius 1 is 1.22 bits per heavy atom. The van der Waals surface area contributed by atoms with Gasteiger partial charge in [0.2, 0.25) is 5.91 Å². The number of carbonyl (C=O) groups excluding carboxylic acids is 1. The van der Waals surface area contributed by atoms with Gasteiger partial charge in [0.15, 0.2) is 0 Å². The van der Waals surface area contributed by atoms with Crippen LogP contribution in [0.4, 0.5) is 10.2 Å². The number of aryl methyl sites for hydroxylation is 1. The average Bonchev–Trinajstić information content (AvgIpc) is 2.64. The van der Waals surface area contributed by atoms with E-state index >= 15 is 0 Å². The second kappa shape index (κ2) is 8.95. The summed E-state index contributed by atoms with van der Waals surface area (Å²) in [4.78, 5) is 18.8. The lowest BCUT2D eigenvalue weighted by Crippen LogP contribution is -2.45. The quantitative estimate of drug-likeness (QED) is 0.848. The van der Waals surface area contributed by atoms with Gasteiger partial charge in [-0.1, -0.05) is 18.2 Å². The molecule has 0 spiro atoms. The summed E-state index contributed by atoms with van der Waals surface area (Å²) in [5.74, 6) is 0.598. The predicted octanol–water partition coefficient (Wildman–Crippen LogP) is 3.08. The molecule has 1 fully saturated rings. The normalized spacial score (nSPS) is 19.7. The zero-order chi connectivity index (χ0) is 19.2. The van der Waals surface area contributed by atoms with Crippen molar-refractivity contribution in [2.45, 2.75) is 45.4 Å². The van der Waals surface area contributed by atoms with Gasteiger partial charge < -0.3 is 15.0 Å². The molecule has 0 aliphatic carbocycles. The number of carbonyl (C=O) groups is 1. The van der Waals surface area contributed by atoms with Crippen LogP contribution in [-0.2, 0) is 22.5 Å². The van der Waals surface area contributed by atoms with Gasteiger partial charge in [0.1, 0.15) is 11.6 Å². The maximum absolute atomic E-state index is 13.2. The molecule has 1 aromatic carbocycles. The van der Waals surface area contributed by atoms with Crippen LogP contribution >= 0.6 is 0 Å². The average molecular weight is 371 g/mol. The molecule has 0 unspecified atom stereocenters. The highest BCUT2D eigenvalue weighted by Crippen LogP contribution is 2.18. The highest BCUT2D eigenvalue weighted by Gasteiger charge is 2.22. The molecule has 2 atom stereocenters. The van der Waals surface area contributed by atoms with Crippen molar-refractivity contribution in [1.29, 1.82) is 0 Å². The highest BCUT2D eigenvalue weighted by atomic mass is 19.1. The van der Waals surface area contributed by atoms with Crippen LogP contribution in [0.1, 0.15) is 31.4 Å². The second-order valence-corrected chi connectivity index (χ2v) is 7.09. The number of aromatic nitrogens is 1. The number of hydrogen-bond donors (Lipinski definition) is 1. The third-order valence-electron chi connectivity index (χ3n) is 4.57. The molecule has 1 amide bonds. The van der Waals surface area contributed by atoms with Gasteiger partial charge in [0, 0.05) is 32.3 Å². The van der Waals surface area contributed by atoms with Crippen LogP contribution in [0.2, 0.25) is 0 Å². The molecule has 0 bridgehead atoms. The molecule has 2 heterocycles. The number of halogens is 1. The third kappa shape index (κ3) is 5.76. The first-order valence-electron chi connectivity index (χ1n) is 9.36.